The molecular formula is C25H13BrCl2N2O6. The van der Waals surface area contributed by atoms with Gasteiger partial charge >= 0.3 is 11.9 Å². The number of ether oxygens (including phenoxy) is 2. The minimum Gasteiger partial charge on any atom is -0.423 e. The third-order valence-corrected chi connectivity index (χ3v) is 5.79. The quantitative estimate of drug-likeness (QED) is 0.105. The van der Waals surface area contributed by atoms with Crippen LogP contribution in [0, 0.1) is 10.1 Å². The zero-order chi connectivity index (χ0) is 25.8. The predicted octanol–water partition coefficient (Wildman–Crippen LogP) is 6.63. The summed E-state index contributed by atoms with van der Waals surface area (Å²) in [7, 11) is 0. The fourth-order valence-electron chi connectivity index (χ4n) is 3.11. The molecule has 0 N–H and O–H groups in total. The summed E-state index contributed by atoms with van der Waals surface area (Å²) in [5, 5.41) is 11.6. The van der Waals surface area contributed by atoms with E-state index in [1.807, 2.05) is 0 Å². The van der Waals surface area contributed by atoms with E-state index in [2.05, 4.69) is 20.9 Å². The van der Waals surface area contributed by atoms with Gasteiger partial charge in [0.25, 0.3) is 5.69 Å². The van der Waals surface area contributed by atoms with Crippen LogP contribution in [-0.2, 0) is 14.3 Å². The number of nitro groups is 1. The van der Waals surface area contributed by atoms with Gasteiger partial charge < -0.3 is 9.47 Å². The lowest BCUT2D eigenvalue weighted by Crippen LogP contribution is -2.06. The van der Waals surface area contributed by atoms with E-state index in [-0.39, 0.29) is 28.1 Å². The lowest BCUT2D eigenvalue weighted by atomic mass is 10.1. The zero-order valence-corrected chi connectivity index (χ0v) is 21.1. The second-order valence-corrected chi connectivity index (χ2v) is 9.01. The van der Waals surface area contributed by atoms with E-state index in [4.69, 9.17) is 32.7 Å². The monoisotopic (exact) mass is 586 g/mol. The minimum absolute atomic E-state index is 0.0151. The van der Waals surface area contributed by atoms with Crippen LogP contribution in [0.5, 0.6) is 5.75 Å². The maximum atomic E-state index is 12.4. The molecule has 1 aliphatic rings. The van der Waals surface area contributed by atoms with E-state index < -0.39 is 16.9 Å². The largest absolute Gasteiger partial charge is 0.423 e. The Balaban J connectivity index is 1.58. The second-order valence-electron chi connectivity index (χ2n) is 7.25. The number of aliphatic imine (C=N–C) groups is 1. The Labute approximate surface area is 222 Å². The van der Waals surface area contributed by atoms with Gasteiger partial charge in [0.15, 0.2) is 5.70 Å². The van der Waals surface area contributed by atoms with Crippen LogP contribution in [0.25, 0.3) is 12.2 Å². The van der Waals surface area contributed by atoms with Crippen LogP contribution in [0.15, 0.2) is 81.9 Å². The highest BCUT2D eigenvalue weighted by Crippen LogP contribution is 2.30. The number of hydrogen-bond donors (Lipinski definition) is 0. The molecule has 0 unspecified atom stereocenters. The van der Waals surface area contributed by atoms with Crippen molar-refractivity contribution >= 4 is 74.8 Å². The number of carbonyl (C=O) groups excluding carboxylic acids is 2. The number of non-ortho nitro benzene ring substituents is 1. The highest BCUT2D eigenvalue weighted by molar-refractivity contribution is 9.10. The molecule has 0 spiro atoms. The molecule has 0 saturated carbocycles. The van der Waals surface area contributed by atoms with Gasteiger partial charge in [-0.25, -0.2) is 14.6 Å². The molecule has 3 aromatic rings. The summed E-state index contributed by atoms with van der Waals surface area (Å²) < 4.78 is 11.3. The fourth-order valence-corrected chi connectivity index (χ4v) is 3.98. The normalized spacial score (nSPS) is 14.1. The summed E-state index contributed by atoms with van der Waals surface area (Å²) in [6.45, 7) is 0. The lowest BCUT2D eigenvalue weighted by molar-refractivity contribution is -0.384. The molecule has 8 nitrogen and oxygen atoms in total. The van der Waals surface area contributed by atoms with Crippen molar-refractivity contribution in [3.63, 3.8) is 0 Å². The number of hydrogen-bond acceptors (Lipinski definition) is 7. The first-order chi connectivity index (χ1) is 17.2. The Bertz CT molecular complexity index is 1500. The SMILES string of the molecule is O=C(/C=C/c1cccc([N+](=O)[O-])c1)Oc1ccc(Br)cc1/C=C1\N=C(c2ccc(Cl)cc2Cl)OC1=O. The average Bonchev–Trinajstić information content (AvgIpc) is 3.19. The number of nitro benzene ring substituents is 1. The highest BCUT2D eigenvalue weighted by Gasteiger charge is 2.26. The molecule has 1 heterocycles. The maximum Gasteiger partial charge on any atom is 0.363 e. The third kappa shape index (κ3) is 6.06. The van der Waals surface area contributed by atoms with Crippen molar-refractivity contribution in [2.24, 2.45) is 4.99 Å². The Morgan fingerprint density at radius 1 is 1.11 bits per heavy atom. The smallest absolute Gasteiger partial charge is 0.363 e. The van der Waals surface area contributed by atoms with Crippen LogP contribution in [0.4, 0.5) is 5.69 Å². The standard InChI is InChI=1S/C25H13BrCl2N2O6/c26-16-5-8-22(35-23(31)9-4-14-2-1-3-18(10-14)30(33)34)15(11-16)12-21-25(32)36-24(29-21)19-7-6-17(27)13-20(19)28/h1-13H/b9-4+,21-12-. The minimum atomic E-state index is -0.727. The fraction of sp³-hybridized carbons (Fsp3) is 0. The number of halogens is 3. The topological polar surface area (TPSA) is 108 Å². The molecule has 180 valence electrons. The van der Waals surface area contributed by atoms with Crippen LogP contribution in [0.2, 0.25) is 10.0 Å². The Morgan fingerprint density at radius 3 is 2.67 bits per heavy atom. The molecule has 36 heavy (non-hydrogen) atoms. The van der Waals surface area contributed by atoms with Gasteiger partial charge in [-0.3, -0.25) is 10.1 Å². The number of rotatable bonds is 6. The van der Waals surface area contributed by atoms with Crippen LogP contribution in [0.3, 0.4) is 0 Å². The lowest BCUT2D eigenvalue weighted by Gasteiger charge is -2.06. The summed E-state index contributed by atoms with van der Waals surface area (Å²) in [5.74, 6) is -1.27. The first-order valence-corrected chi connectivity index (χ1v) is 11.7. The molecular weight excluding hydrogens is 575 g/mol. The maximum absolute atomic E-state index is 12.4. The van der Waals surface area contributed by atoms with E-state index in [9.17, 15) is 19.7 Å². The van der Waals surface area contributed by atoms with Crippen molar-refractivity contribution in [3.05, 3.63) is 114 Å². The molecule has 0 aliphatic carbocycles. The van der Waals surface area contributed by atoms with E-state index in [1.165, 1.54) is 42.5 Å². The molecule has 3 aromatic carbocycles. The summed E-state index contributed by atoms with van der Waals surface area (Å²) >= 11 is 15.5. The van der Waals surface area contributed by atoms with Crippen molar-refractivity contribution in [1.82, 2.24) is 0 Å². The summed E-state index contributed by atoms with van der Waals surface area (Å²) in [4.78, 5) is 39.5. The Hall–Kier alpha value is -3.79. The first-order valence-electron chi connectivity index (χ1n) is 10.1. The van der Waals surface area contributed by atoms with Crippen molar-refractivity contribution in [1.29, 1.82) is 0 Å². The van der Waals surface area contributed by atoms with Gasteiger partial charge in [-0.2, -0.15) is 0 Å². The molecule has 0 saturated heterocycles. The van der Waals surface area contributed by atoms with Crippen molar-refractivity contribution in [2.75, 3.05) is 0 Å². The molecule has 0 radical (unpaired) electrons. The number of benzene rings is 3. The number of carbonyl (C=O) groups is 2. The summed E-state index contributed by atoms with van der Waals surface area (Å²) in [6.07, 6.45) is 3.95. The van der Waals surface area contributed by atoms with Gasteiger partial charge in [0.2, 0.25) is 5.90 Å². The number of nitrogens with zero attached hydrogens (tertiary/aromatic N) is 2. The molecule has 4 rings (SSSR count). The zero-order valence-electron chi connectivity index (χ0n) is 18.0. The van der Waals surface area contributed by atoms with Crippen LogP contribution in [-0.4, -0.2) is 22.8 Å². The van der Waals surface area contributed by atoms with Gasteiger partial charge in [-0.1, -0.05) is 51.3 Å². The van der Waals surface area contributed by atoms with Gasteiger partial charge in [0.1, 0.15) is 5.75 Å². The van der Waals surface area contributed by atoms with Gasteiger partial charge in [0.05, 0.1) is 15.5 Å². The second kappa shape index (κ2) is 10.9. The van der Waals surface area contributed by atoms with Crippen LogP contribution < -0.4 is 4.74 Å². The van der Waals surface area contributed by atoms with Crippen LogP contribution in [0.1, 0.15) is 16.7 Å². The Kier molecular flexibility index (Phi) is 7.64. The van der Waals surface area contributed by atoms with E-state index in [0.717, 1.165) is 6.08 Å². The third-order valence-electron chi connectivity index (χ3n) is 4.75. The van der Waals surface area contributed by atoms with Crippen LogP contribution >= 0.6 is 39.1 Å². The van der Waals surface area contributed by atoms with Crippen molar-refractivity contribution in [3.8, 4) is 5.75 Å². The predicted molar refractivity (Wildman–Crippen MR) is 139 cm³/mol. The summed E-state index contributed by atoms with van der Waals surface area (Å²) in [6, 6.07) is 15.3. The molecule has 0 atom stereocenters. The van der Waals surface area contributed by atoms with Gasteiger partial charge in [0, 0.05) is 33.3 Å². The molecule has 0 bridgehead atoms. The molecule has 0 aromatic heterocycles. The highest BCUT2D eigenvalue weighted by atomic mass is 79.9. The van der Waals surface area contributed by atoms with Gasteiger partial charge in [-0.15, -0.1) is 0 Å². The van der Waals surface area contributed by atoms with Crippen molar-refractivity contribution in [2.45, 2.75) is 0 Å². The van der Waals surface area contributed by atoms with Crippen molar-refractivity contribution < 1.29 is 24.0 Å². The molecule has 0 fully saturated rings. The summed E-state index contributed by atoms with van der Waals surface area (Å²) in [5.41, 5.74) is 1.09. The Morgan fingerprint density at radius 2 is 1.92 bits per heavy atom. The molecule has 11 heteroatoms. The number of esters is 2. The van der Waals surface area contributed by atoms with E-state index in [0.29, 0.717) is 26.2 Å². The first kappa shape index (κ1) is 25.3. The number of cyclic esters (lactones) is 1. The average molecular weight is 588 g/mol. The van der Waals surface area contributed by atoms with Gasteiger partial charge in [-0.05, 0) is 54.1 Å². The van der Waals surface area contributed by atoms with E-state index in [1.54, 1.807) is 30.3 Å². The molecule has 0 amide bonds. The molecule has 1 aliphatic heterocycles. The van der Waals surface area contributed by atoms with E-state index >= 15 is 0 Å².